The Morgan fingerprint density at radius 1 is 1.20 bits per heavy atom. The van der Waals surface area contributed by atoms with Gasteiger partial charge in [0.1, 0.15) is 18.0 Å². The number of carbonyl (C=O) groups is 2. The van der Waals surface area contributed by atoms with Crippen LogP contribution in [0.4, 0.5) is 16.2 Å². The Hall–Kier alpha value is -3.34. The van der Waals surface area contributed by atoms with Gasteiger partial charge in [0.2, 0.25) is 5.76 Å². The molecule has 184 valence electrons. The molecule has 11 heteroatoms. The van der Waals surface area contributed by atoms with Crippen molar-refractivity contribution in [1.29, 1.82) is 0 Å². The lowest BCUT2D eigenvalue weighted by molar-refractivity contribution is 0.0569. The molecule has 4 aromatic rings. The van der Waals surface area contributed by atoms with Gasteiger partial charge in [0.25, 0.3) is 0 Å². The Morgan fingerprint density at radius 2 is 1.97 bits per heavy atom. The second-order valence-electron chi connectivity index (χ2n) is 9.32. The number of fused-ring (bicyclic) bond motifs is 2. The van der Waals surface area contributed by atoms with E-state index in [9.17, 15) is 9.59 Å². The van der Waals surface area contributed by atoms with E-state index in [-0.39, 0.29) is 11.4 Å². The Balaban J connectivity index is 1.73. The zero-order chi connectivity index (χ0) is 25.3. The smallest absolute Gasteiger partial charge is 0.376 e. The Morgan fingerprint density at radius 3 is 2.66 bits per heavy atom. The Labute approximate surface area is 208 Å². The van der Waals surface area contributed by atoms with Gasteiger partial charge in [-0.1, -0.05) is 31.2 Å². The molecule has 0 saturated heterocycles. The second kappa shape index (κ2) is 9.72. The van der Waals surface area contributed by atoms with Gasteiger partial charge in [-0.05, 0) is 42.4 Å². The predicted molar refractivity (Wildman–Crippen MR) is 138 cm³/mol. The predicted octanol–water partition coefficient (Wildman–Crippen LogP) is 5.75. The van der Waals surface area contributed by atoms with Gasteiger partial charge in [-0.3, -0.25) is 4.90 Å². The molecular weight excluding hydrogens is 488 g/mol. The van der Waals surface area contributed by atoms with Gasteiger partial charge in [-0.15, -0.1) is 0 Å². The van der Waals surface area contributed by atoms with Crippen LogP contribution in [0.1, 0.15) is 10.6 Å². The summed E-state index contributed by atoms with van der Waals surface area (Å²) in [4.78, 5) is 26.4. The molecular formula is C24H27ClN4O5Si. The normalized spacial score (nSPS) is 11.8. The maximum Gasteiger partial charge on any atom is 0.376 e. The van der Waals surface area contributed by atoms with Crippen molar-refractivity contribution in [3.8, 4) is 0 Å². The number of halogens is 1. The molecule has 0 bridgehead atoms. The molecule has 9 nitrogen and oxygen atoms in total. The molecule has 2 aromatic heterocycles. The number of ether oxygens (including phenoxy) is 2. The van der Waals surface area contributed by atoms with Crippen molar-refractivity contribution in [3.63, 3.8) is 0 Å². The second-order valence-corrected chi connectivity index (χ2v) is 15.4. The molecule has 0 atom stereocenters. The number of benzene rings is 2. The summed E-state index contributed by atoms with van der Waals surface area (Å²) in [7, 11) is 0.0472. The number of esters is 1. The van der Waals surface area contributed by atoms with Crippen LogP contribution in [0, 0.1) is 0 Å². The van der Waals surface area contributed by atoms with Crippen LogP contribution < -0.4 is 10.6 Å². The quantitative estimate of drug-likeness (QED) is 0.182. The standard InChI is InChI=1S/C24H27ClN4O5Si/c1-32-23(30)22-21(18-12-16(25)5-8-20(18)34-22)29(24(26)31)17-6-7-19-15(11-17)13-27-28(19)14-33-9-10-35(2,3)4/h5-8,11-13H,9-10,14H2,1-4H3,(H2,26,31). The van der Waals surface area contributed by atoms with Crippen molar-refractivity contribution >= 4 is 64.9 Å². The number of urea groups is 1. The van der Waals surface area contributed by atoms with Crippen molar-refractivity contribution < 1.29 is 23.5 Å². The number of hydrogen-bond donors (Lipinski definition) is 1. The highest BCUT2D eigenvalue weighted by atomic mass is 35.5. The number of hydrogen-bond acceptors (Lipinski definition) is 6. The van der Waals surface area contributed by atoms with Crippen LogP contribution >= 0.6 is 11.6 Å². The van der Waals surface area contributed by atoms with Gasteiger partial charge in [0.05, 0.1) is 24.5 Å². The number of rotatable bonds is 8. The summed E-state index contributed by atoms with van der Waals surface area (Å²) in [5, 5.41) is 6.04. The Bertz CT molecular complexity index is 1410. The molecule has 35 heavy (non-hydrogen) atoms. The van der Waals surface area contributed by atoms with Gasteiger partial charge in [-0.25, -0.2) is 14.3 Å². The third-order valence-electron chi connectivity index (χ3n) is 5.53. The fourth-order valence-corrected chi connectivity index (χ4v) is 4.65. The van der Waals surface area contributed by atoms with E-state index < -0.39 is 20.1 Å². The minimum atomic E-state index is -1.18. The Kier molecular flexibility index (Phi) is 6.88. The number of methoxy groups -OCH3 is 1. The first-order chi connectivity index (χ1) is 16.6. The lowest BCUT2D eigenvalue weighted by Gasteiger charge is -2.20. The van der Waals surface area contributed by atoms with E-state index in [4.69, 9.17) is 31.2 Å². The molecule has 2 aromatic carbocycles. The van der Waals surface area contributed by atoms with Crippen molar-refractivity contribution in [2.45, 2.75) is 32.4 Å². The first-order valence-electron chi connectivity index (χ1n) is 11.0. The number of primary amides is 1. The molecule has 0 aliphatic rings. The van der Waals surface area contributed by atoms with Crippen molar-refractivity contribution in [3.05, 3.63) is 53.4 Å². The highest BCUT2D eigenvalue weighted by Crippen LogP contribution is 2.40. The van der Waals surface area contributed by atoms with Crippen molar-refractivity contribution in [2.24, 2.45) is 5.73 Å². The molecule has 0 unspecified atom stereocenters. The van der Waals surface area contributed by atoms with E-state index in [0.717, 1.165) is 16.9 Å². The highest BCUT2D eigenvalue weighted by molar-refractivity contribution is 6.76. The third-order valence-corrected chi connectivity index (χ3v) is 7.47. The molecule has 2 heterocycles. The summed E-state index contributed by atoms with van der Waals surface area (Å²) in [6.07, 6.45) is 1.69. The maximum absolute atomic E-state index is 12.7. The molecule has 0 fully saturated rings. The van der Waals surface area contributed by atoms with Gasteiger partial charge in [0.15, 0.2) is 0 Å². The number of aromatic nitrogens is 2. The average Bonchev–Trinajstić information content (AvgIpc) is 3.37. The van der Waals surface area contributed by atoms with Crippen LogP contribution in [0.5, 0.6) is 0 Å². The summed E-state index contributed by atoms with van der Waals surface area (Å²) in [5.41, 5.74) is 7.57. The van der Waals surface area contributed by atoms with Gasteiger partial charge < -0.3 is 19.6 Å². The topological polar surface area (TPSA) is 113 Å². The molecule has 0 spiro atoms. The maximum atomic E-state index is 12.7. The molecule has 2 N–H and O–H groups in total. The van der Waals surface area contributed by atoms with Crippen LogP contribution in [0.3, 0.4) is 0 Å². The lowest BCUT2D eigenvalue weighted by Crippen LogP contribution is -2.32. The molecule has 0 saturated carbocycles. The van der Waals surface area contributed by atoms with E-state index in [1.807, 2.05) is 6.07 Å². The fraction of sp³-hybridized carbons (Fsp3) is 0.292. The van der Waals surface area contributed by atoms with Gasteiger partial charge in [0, 0.05) is 30.5 Å². The molecule has 4 rings (SSSR count). The van der Waals surface area contributed by atoms with Crippen LogP contribution in [0.25, 0.3) is 21.9 Å². The number of carbonyl (C=O) groups excluding carboxylic acids is 2. The SMILES string of the molecule is COC(=O)c1oc2ccc(Cl)cc2c1N(C(N)=O)c1ccc2c(cnn2COCC[Si](C)(C)C)c1. The number of anilines is 2. The van der Waals surface area contributed by atoms with Crippen molar-refractivity contribution in [1.82, 2.24) is 9.78 Å². The zero-order valence-corrected chi connectivity index (χ0v) is 21.8. The van der Waals surface area contributed by atoms with E-state index in [0.29, 0.717) is 35.0 Å². The van der Waals surface area contributed by atoms with Crippen LogP contribution in [0.15, 0.2) is 47.0 Å². The molecule has 0 aliphatic heterocycles. The first kappa shape index (κ1) is 24.8. The van der Waals surface area contributed by atoms with E-state index >= 15 is 0 Å². The number of amides is 2. The summed E-state index contributed by atoms with van der Waals surface area (Å²) in [6, 6.07) is 10.4. The number of nitrogens with zero attached hydrogens (tertiary/aromatic N) is 3. The van der Waals surface area contributed by atoms with E-state index in [2.05, 4.69) is 24.7 Å². The van der Waals surface area contributed by atoms with Crippen molar-refractivity contribution in [2.75, 3.05) is 18.6 Å². The minimum Gasteiger partial charge on any atom is -0.463 e. The van der Waals surface area contributed by atoms with Crippen LogP contribution in [0.2, 0.25) is 30.7 Å². The molecule has 0 aliphatic carbocycles. The number of furan rings is 1. The fourth-order valence-electron chi connectivity index (χ4n) is 3.72. The molecule has 0 radical (unpaired) electrons. The third kappa shape index (κ3) is 5.19. The largest absolute Gasteiger partial charge is 0.463 e. The summed E-state index contributed by atoms with van der Waals surface area (Å²) < 4.78 is 18.2. The lowest BCUT2D eigenvalue weighted by atomic mass is 10.1. The minimum absolute atomic E-state index is 0.156. The molecule has 2 amide bonds. The zero-order valence-electron chi connectivity index (χ0n) is 20.0. The van der Waals surface area contributed by atoms with Crippen LogP contribution in [-0.2, 0) is 16.2 Å². The van der Waals surface area contributed by atoms with Gasteiger partial charge >= 0.3 is 12.0 Å². The number of nitrogens with two attached hydrogens (primary N) is 1. The first-order valence-corrected chi connectivity index (χ1v) is 15.1. The van der Waals surface area contributed by atoms with E-state index in [1.54, 1.807) is 41.2 Å². The monoisotopic (exact) mass is 514 g/mol. The summed E-state index contributed by atoms with van der Waals surface area (Å²) >= 11 is 6.19. The average molecular weight is 515 g/mol. The van der Waals surface area contributed by atoms with Crippen LogP contribution in [-0.4, -0.2) is 43.6 Å². The van der Waals surface area contributed by atoms with E-state index in [1.165, 1.54) is 12.0 Å². The van der Waals surface area contributed by atoms with Gasteiger partial charge in [-0.2, -0.15) is 5.10 Å². The summed E-state index contributed by atoms with van der Waals surface area (Å²) in [6.45, 7) is 7.90. The summed E-state index contributed by atoms with van der Waals surface area (Å²) in [5.74, 6) is -0.905. The highest BCUT2D eigenvalue weighted by Gasteiger charge is 2.30.